The number of hydrogen-bond donors (Lipinski definition) is 1. The molecule has 0 aromatic heterocycles. The highest BCUT2D eigenvalue weighted by molar-refractivity contribution is 5.40. The van der Waals surface area contributed by atoms with Crippen LogP contribution >= 0.6 is 0 Å². The number of benzene rings is 1. The number of rotatable bonds is 7. The number of ether oxygens (including phenoxy) is 2. The van der Waals surface area contributed by atoms with Crippen LogP contribution in [0.3, 0.4) is 0 Å². The molecule has 0 fully saturated rings. The van der Waals surface area contributed by atoms with E-state index in [4.69, 9.17) is 9.47 Å². The summed E-state index contributed by atoms with van der Waals surface area (Å²) < 4.78 is 11.2. The third kappa shape index (κ3) is 4.27. The van der Waals surface area contributed by atoms with Gasteiger partial charge in [0.25, 0.3) is 0 Å². The van der Waals surface area contributed by atoms with E-state index in [9.17, 15) is 0 Å². The fourth-order valence-electron chi connectivity index (χ4n) is 1.81. The molecule has 1 rings (SSSR count). The predicted molar refractivity (Wildman–Crippen MR) is 70.8 cm³/mol. The Kier molecular flexibility index (Phi) is 5.84. The van der Waals surface area contributed by atoms with Crippen molar-refractivity contribution in [2.75, 3.05) is 14.2 Å². The van der Waals surface area contributed by atoms with E-state index in [1.54, 1.807) is 7.11 Å². The molecule has 0 amide bonds. The Morgan fingerprint density at radius 3 is 2.71 bits per heavy atom. The van der Waals surface area contributed by atoms with E-state index in [2.05, 4.69) is 19.2 Å². The van der Waals surface area contributed by atoms with Gasteiger partial charge in [-0.2, -0.15) is 0 Å². The number of methoxy groups -OCH3 is 1. The highest BCUT2D eigenvalue weighted by atomic mass is 16.5. The summed E-state index contributed by atoms with van der Waals surface area (Å²) >= 11 is 0. The van der Waals surface area contributed by atoms with Gasteiger partial charge < -0.3 is 14.8 Å². The second kappa shape index (κ2) is 7.17. The van der Waals surface area contributed by atoms with Crippen LogP contribution in [-0.2, 0) is 6.54 Å². The SMILES string of the molecule is CCCC(C)Oc1ccc(OC)cc1CNC. The molecule has 0 spiro atoms. The second-order valence-electron chi connectivity index (χ2n) is 4.22. The highest BCUT2D eigenvalue weighted by Gasteiger charge is 2.08. The van der Waals surface area contributed by atoms with Crippen molar-refractivity contribution < 1.29 is 9.47 Å². The summed E-state index contributed by atoms with van der Waals surface area (Å²) in [7, 11) is 3.61. The van der Waals surface area contributed by atoms with Crippen LogP contribution in [0, 0.1) is 0 Å². The predicted octanol–water partition coefficient (Wildman–Crippen LogP) is 2.98. The normalized spacial score (nSPS) is 12.2. The van der Waals surface area contributed by atoms with Gasteiger partial charge in [0.05, 0.1) is 13.2 Å². The van der Waals surface area contributed by atoms with Crippen LogP contribution < -0.4 is 14.8 Å². The lowest BCUT2D eigenvalue weighted by Gasteiger charge is -2.17. The van der Waals surface area contributed by atoms with Crippen molar-refractivity contribution >= 4 is 0 Å². The molecule has 0 aliphatic heterocycles. The molecule has 1 unspecified atom stereocenters. The minimum Gasteiger partial charge on any atom is -0.497 e. The average molecular weight is 237 g/mol. The molecule has 1 N–H and O–H groups in total. The maximum absolute atomic E-state index is 5.94. The van der Waals surface area contributed by atoms with Crippen molar-refractivity contribution in [1.29, 1.82) is 0 Å². The van der Waals surface area contributed by atoms with Gasteiger partial charge in [0.1, 0.15) is 11.5 Å². The first-order valence-corrected chi connectivity index (χ1v) is 6.19. The first-order valence-electron chi connectivity index (χ1n) is 6.19. The van der Waals surface area contributed by atoms with Gasteiger partial charge in [-0.1, -0.05) is 13.3 Å². The van der Waals surface area contributed by atoms with Crippen LogP contribution in [-0.4, -0.2) is 20.3 Å². The molecule has 3 heteroatoms. The summed E-state index contributed by atoms with van der Waals surface area (Å²) in [6.45, 7) is 5.06. The van der Waals surface area contributed by atoms with Gasteiger partial charge in [-0.3, -0.25) is 0 Å². The highest BCUT2D eigenvalue weighted by Crippen LogP contribution is 2.25. The minimum absolute atomic E-state index is 0.254. The molecule has 17 heavy (non-hydrogen) atoms. The van der Waals surface area contributed by atoms with Crippen LogP contribution in [0.25, 0.3) is 0 Å². The zero-order valence-corrected chi connectivity index (χ0v) is 11.2. The van der Waals surface area contributed by atoms with Crippen LogP contribution in [0.5, 0.6) is 11.5 Å². The molecular formula is C14H23NO2. The van der Waals surface area contributed by atoms with Crippen molar-refractivity contribution in [3.8, 4) is 11.5 Å². The van der Waals surface area contributed by atoms with E-state index in [-0.39, 0.29) is 6.10 Å². The number of hydrogen-bond acceptors (Lipinski definition) is 3. The van der Waals surface area contributed by atoms with Crippen LogP contribution in [0.15, 0.2) is 18.2 Å². The van der Waals surface area contributed by atoms with Gasteiger partial charge in [0, 0.05) is 12.1 Å². The van der Waals surface area contributed by atoms with E-state index in [0.717, 1.165) is 36.4 Å². The molecule has 0 heterocycles. The zero-order chi connectivity index (χ0) is 12.7. The average Bonchev–Trinajstić information content (AvgIpc) is 2.32. The topological polar surface area (TPSA) is 30.5 Å². The maximum Gasteiger partial charge on any atom is 0.124 e. The van der Waals surface area contributed by atoms with Gasteiger partial charge in [0.15, 0.2) is 0 Å². The molecule has 1 atom stereocenters. The second-order valence-corrected chi connectivity index (χ2v) is 4.22. The van der Waals surface area contributed by atoms with Gasteiger partial charge in [-0.25, -0.2) is 0 Å². The summed E-state index contributed by atoms with van der Waals surface area (Å²) in [4.78, 5) is 0. The molecule has 96 valence electrons. The lowest BCUT2D eigenvalue weighted by molar-refractivity contribution is 0.207. The first kappa shape index (κ1) is 13.8. The Labute approximate surface area is 104 Å². The fourth-order valence-corrected chi connectivity index (χ4v) is 1.81. The van der Waals surface area contributed by atoms with Crippen LogP contribution in [0.2, 0.25) is 0 Å². The van der Waals surface area contributed by atoms with Crippen LogP contribution in [0.4, 0.5) is 0 Å². The van der Waals surface area contributed by atoms with Crippen molar-refractivity contribution in [3.05, 3.63) is 23.8 Å². The Balaban J connectivity index is 2.81. The first-order chi connectivity index (χ1) is 8.21. The summed E-state index contributed by atoms with van der Waals surface area (Å²) in [5, 5.41) is 3.15. The Hall–Kier alpha value is -1.22. The van der Waals surface area contributed by atoms with Crippen molar-refractivity contribution in [1.82, 2.24) is 5.32 Å². The minimum atomic E-state index is 0.254. The van der Waals surface area contributed by atoms with Crippen LogP contribution in [0.1, 0.15) is 32.3 Å². The van der Waals surface area contributed by atoms with E-state index < -0.39 is 0 Å². The lowest BCUT2D eigenvalue weighted by Crippen LogP contribution is -2.14. The molecule has 3 nitrogen and oxygen atoms in total. The molecular weight excluding hydrogens is 214 g/mol. The molecule has 0 bridgehead atoms. The molecule has 0 saturated carbocycles. The standard InChI is InChI=1S/C14H23NO2/c1-5-6-11(2)17-14-8-7-13(16-4)9-12(14)10-15-3/h7-9,11,15H,5-6,10H2,1-4H3. The zero-order valence-electron chi connectivity index (χ0n) is 11.2. The summed E-state index contributed by atoms with van der Waals surface area (Å²) in [6.07, 6.45) is 2.47. The van der Waals surface area contributed by atoms with Gasteiger partial charge in [-0.15, -0.1) is 0 Å². The van der Waals surface area contributed by atoms with E-state index in [1.165, 1.54) is 0 Å². The third-order valence-electron chi connectivity index (χ3n) is 2.66. The largest absolute Gasteiger partial charge is 0.497 e. The molecule has 0 saturated heterocycles. The fraction of sp³-hybridized carbons (Fsp3) is 0.571. The molecule has 0 radical (unpaired) electrons. The monoisotopic (exact) mass is 237 g/mol. The smallest absolute Gasteiger partial charge is 0.124 e. The molecule has 0 aliphatic rings. The third-order valence-corrected chi connectivity index (χ3v) is 2.66. The molecule has 1 aromatic rings. The Morgan fingerprint density at radius 1 is 1.35 bits per heavy atom. The summed E-state index contributed by atoms with van der Waals surface area (Å²) in [5.74, 6) is 1.81. The maximum atomic E-state index is 5.94. The van der Waals surface area contributed by atoms with E-state index >= 15 is 0 Å². The Bertz CT molecular complexity index is 339. The lowest BCUT2D eigenvalue weighted by atomic mass is 10.1. The van der Waals surface area contributed by atoms with Gasteiger partial charge in [0.2, 0.25) is 0 Å². The summed E-state index contributed by atoms with van der Waals surface area (Å²) in [6, 6.07) is 5.94. The quantitative estimate of drug-likeness (QED) is 0.791. The molecule has 1 aromatic carbocycles. The van der Waals surface area contributed by atoms with E-state index in [0.29, 0.717) is 0 Å². The Morgan fingerprint density at radius 2 is 2.12 bits per heavy atom. The van der Waals surface area contributed by atoms with Crippen molar-refractivity contribution in [3.63, 3.8) is 0 Å². The van der Waals surface area contributed by atoms with Crippen molar-refractivity contribution in [2.24, 2.45) is 0 Å². The molecule has 0 aliphatic carbocycles. The van der Waals surface area contributed by atoms with E-state index in [1.807, 2.05) is 25.2 Å². The van der Waals surface area contributed by atoms with Crippen molar-refractivity contribution in [2.45, 2.75) is 39.3 Å². The summed E-state index contributed by atoms with van der Waals surface area (Å²) in [5.41, 5.74) is 1.13. The number of nitrogens with one attached hydrogen (secondary N) is 1. The van der Waals surface area contributed by atoms with Gasteiger partial charge in [-0.05, 0) is 38.6 Å². The van der Waals surface area contributed by atoms with Gasteiger partial charge >= 0.3 is 0 Å².